The molecule has 0 saturated carbocycles. The molecule has 2 heterocycles. The summed E-state index contributed by atoms with van der Waals surface area (Å²) in [4.78, 5) is 17.9. The third-order valence-corrected chi connectivity index (χ3v) is 5.14. The van der Waals surface area contributed by atoms with E-state index >= 15 is 0 Å². The Morgan fingerprint density at radius 3 is 2.76 bits per heavy atom. The summed E-state index contributed by atoms with van der Waals surface area (Å²) in [7, 11) is 0. The Bertz CT molecular complexity index is 670. The number of hydrogen-bond acceptors (Lipinski definition) is 2. The van der Waals surface area contributed by atoms with Crippen molar-refractivity contribution in [3.63, 3.8) is 0 Å². The molecule has 0 spiro atoms. The number of nitrogens with zero attached hydrogens (tertiary/aromatic N) is 1. The summed E-state index contributed by atoms with van der Waals surface area (Å²) in [6.45, 7) is 6.16. The number of nitrogens with one attached hydrogen (secondary N) is 1. The first-order valence-electron chi connectivity index (χ1n) is 7.75. The second kappa shape index (κ2) is 5.10. The summed E-state index contributed by atoms with van der Waals surface area (Å²) in [5.74, 6) is 0.0920. The van der Waals surface area contributed by atoms with Gasteiger partial charge in [-0.05, 0) is 36.8 Å². The van der Waals surface area contributed by atoms with Crippen molar-refractivity contribution in [3.05, 3.63) is 30.0 Å². The molecule has 4 heteroatoms. The number of aromatic amines is 1. The highest BCUT2D eigenvalue weighted by molar-refractivity contribution is 6.00. The van der Waals surface area contributed by atoms with Gasteiger partial charge in [0.25, 0.3) is 5.91 Å². The predicted molar refractivity (Wildman–Crippen MR) is 86.2 cm³/mol. The highest BCUT2D eigenvalue weighted by Crippen LogP contribution is 2.37. The maximum absolute atomic E-state index is 12.7. The number of nitrogens with two attached hydrogens (primary N) is 1. The molecule has 0 atom stereocenters. The average Bonchev–Trinajstić information content (AvgIpc) is 3.12. The number of aromatic nitrogens is 1. The number of carbonyl (C=O) groups excluding carboxylic acids is 1. The van der Waals surface area contributed by atoms with Crippen molar-refractivity contribution >= 4 is 22.5 Å². The third-order valence-electron chi connectivity index (χ3n) is 5.14. The van der Waals surface area contributed by atoms with E-state index in [0.29, 0.717) is 16.8 Å². The van der Waals surface area contributed by atoms with Gasteiger partial charge in [0.05, 0.1) is 11.2 Å². The van der Waals surface area contributed by atoms with Crippen LogP contribution in [0.5, 0.6) is 0 Å². The molecule has 0 bridgehead atoms. The minimum atomic E-state index is 0.0920. The van der Waals surface area contributed by atoms with Gasteiger partial charge in [-0.2, -0.15) is 0 Å². The maximum Gasteiger partial charge on any atom is 0.270 e. The Kier molecular flexibility index (Phi) is 3.40. The molecule has 0 aliphatic carbocycles. The van der Waals surface area contributed by atoms with E-state index in [-0.39, 0.29) is 5.91 Å². The van der Waals surface area contributed by atoms with Crippen LogP contribution >= 0.6 is 0 Å². The largest absolute Gasteiger partial charge is 0.397 e. The van der Waals surface area contributed by atoms with Gasteiger partial charge >= 0.3 is 0 Å². The first-order chi connectivity index (χ1) is 10.1. The summed E-state index contributed by atoms with van der Waals surface area (Å²) >= 11 is 0. The Balaban J connectivity index is 1.86. The molecule has 0 radical (unpaired) electrons. The topological polar surface area (TPSA) is 62.1 Å². The Morgan fingerprint density at radius 1 is 1.38 bits per heavy atom. The number of para-hydroxylation sites is 1. The van der Waals surface area contributed by atoms with Crippen molar-refractivity contribution in [1.82, 2.24) is 9.88 Å². The van der Waals surface area contributed by atoms with Gasteiger partial charge in [0, 0.05) is 18.5 Å². The predicted octanol–water partition coefficient (Wildman–Crippen LogP) is 3.40. The molecule has 1 fully saturated rings. The Hall–Kier alpha value is -1.97. The third kappa shape index (κ3) is 2.28. The van der Waals surface area contributed by atoms with Gasteiger partial charge in [0.1, 0.15) is 5.69 Å². The average molecular weight is 285 g/mol. The van der Waals surface area contributed by atoms with Crippen molar-refractivity contribution in [2.45, 2.75) is 33.1 Å². The number of amides is 1. The number of fused-ring (bicyclic) bond motifs is 1. The second-order valence-electron chi connectivity index (χ2n) is 6.18. The second-order valence-corrected chi connectivity index (χ2v) is 6.18. The van der Waals surface area contributed by atoms with E-state index in [9.17, 15) is 4.79 Å². The molecule has 3 N–H and O–H groups in total. The lowest BCUT2D eigenvalue weighted by Crippen LogP contribution is -2.32. The van der Waals surface area contributed by atoms with Gasteiger partial charge in [-0.15, -0.1) is 0 Å². The van der Waals surface area contributed by atoms with Crippen molar-refractivity contribution < 1.29 is 4.79 Å². The van der Waals surface area contributed by atoms with E-state index in [2.05, 4.69) is 18.8 Å². The number of hydrogen-bond donors (Lipinski definition) is 2. The van der Waals surface area contributed by atoms with E-state index < -0.39 is 0 Å². The lowest BCUT2D eigenvalue weighted by molar-refractivity contribution is 0.0765. The maximum atomic E-state index is 12.7. The van der Waals surface area contributed by atoms with Gasteiger partial charge < -0.3 is 15.6 Å². The molecule has 1 aliphatic heterocycles. The number of benzene rings is 1. The normalized spacial score (nSPS) is 17.5. The molecule has 112 valence electrons. The molecule has 1 aromatic carbocycles. The molecule has 1 amide bonds. The molecule has 2 aromatic rings. The summed E-state index contributed by atoms with van der Waals surface area (Å²) in [6, 6.07) is 7.65. The van der Waals surface area contributed by atoms with Crippen LogP contribution < -0.4 is 5.73 Å². The van der Waals surface area contributed by atoms with Crippen LogP contribution in [0.3, 0.4) is 0 Å². The summed E-state index contributed by atoms with van der Waals surface area (Å²) in [5, 5.41) is 0.995. The van der Waals surface area contributed by atoms with Crippen LogP contribution in [-0.4, -0.2) is 28.9 Å². The monoisotopic (exact) mass is 285 g/mol. The van der Waals surface area contributed by atoms with E-state index in [4.69, 9.17) is 5.73 Å². The first-order valence-corrected chi connectivity index (χ1v) is 7.75. The molecular formula is C17H23N3O. The van der Waals surface area contributed by atoms with Gasteiger partial charge in [0.15, 0.2) is 0 Å². The van der Waals surface area contributed by atoms with Crippen molar-refractivity contribution in [2.24, 2.45) is 5.41 Å². The van der Waals surface area contributed by atoms with Crippen LogP contribution in [0.4, 0.5) is 5.69 Å². The molecule has 1 aliphatic rings. The van der Waals surface area contributed by atoms with Crippen molar-refractivity contribution in [2.75, 3.05) is 18.8 Å². The number of anilines is 1. The lowest BCUT2D eigenvalue weighted by atomic mass is 9.82. The highest BCUT2D eigenvalue weighted by atomic mass is 16.2. The molecule has 3 rings (SSSR count). The van der Waals surface area contributed by atoms with E-state index in [1.807, 2.05) is 29.2 Å². The molecule has 1 aromatic heterocycles. The zero-order chi connectivity index (χ0) is 15.0. The highest BCUT2D eigenvalue weighted by Gasteiger charge is 2.37. The van der Waals surface area contributed by atoms with E-state index in [1.165, 1.54) is 0 Å². The first kappa shape index (κ1) is 14.0. The molecular weight excluding hydrogens is 262 g/mol. The van der Waals surface area contributed by atoms with Crippen molar-refractivity contribution in [3.8, 4) is 0 Å². The van der Waals surface area contributed by atoms with Gasteiger partial charge in [-0.3, -0.25) is 4.79 Å². The number of nitrogen functional groups attached to an aromatic ring is 1. The standard InChI is InChI=1S/C17H23N3O/c1-3-17(4-2)8-9-20(11-17)16(21)14-10-12-6-5-7-13(18)15(12)19-14/h5-7,10,19H,3-4,8-9,11,18H2,1-2H3. The fraction of sp³-hybridized carbons (Fsp3) is 0.471. The van der Waals surface area contributed by atoms with E-state index in [0.717, 1.165) is 43.3 Å². The fourth-order valence-electron chi connectivity index (χ4n) is 3.40. The van der Waals surface area contributed by atoms with Crippen LogP contribution in [0, 0.1) is 5.41 Å². The van der Waals surface area contributed by atoms with Crippen LogP contribution in [0.2, 0.25) is 0 Å². The Labute approximate surface area is 125 Å². The van der Waals surface area contributed by atoms with Gasteiger partial charge in [-0.25, -0.2) is 0 Å². The zero-order valence-electron chi connectivity index (χ0n) is 12.8. The van der Waals surface area contributed by atoms with Crippen LogP contribution in [0.25, 0.3) is 10.9 Å². The zero-order valence-corrected chi connectivity index (χ0v) is 12.8. The van der Waals surface area contributed by atoms with Gasteiger partial charge in [0.2, 0.25) is 0 Å². The number of likely N-dealkylation sites (tertiary alicyclic amines) is 1. The fourth-order valence-corrected chi connectivity index (χ4v) is 3.40. The molecule has 21 heavy (non-hydrogen) atoms. The van der Waals surface area contributed by atoms with Crippen LogP contribution in [0.1, 0.15) is 43.6 Å². The smallest absolute Gasteiger partial charge is 0.270 e. The van der Waals surface area contributed by atoms with Crippen molar-refractivity contribution in [1.29, 1.82) is 0 Å². The van der Waals surface area contributed by atoms with Crippen LogP contribution in [0.15, 0.2) is 24.3 Å². The van der Waals surface area contributed by atoms with Gasteiger partial charge in [-0.1, -0.05) is 26.0 Å². The molecule has 0 unspecified atom stereocenters. The summed E-state index contributed by atoms with van der Waals surface area (Å²) in [6.07, 6.45) is 3.37. The summed E-state index contributed by atoms with van der Waals surface area (Å²) < 4.78 is 0. The minimum Gasteiger partial charge on any atom is -0.397 e. The number of carbonyl (C=O) groups is 1. The van der Waals surface area contributed by atoms with E-state index in [1.54, 1.807) is 0 Å². The quantitative estimate of drug-likeness (QED) is 0.849. The molecule has 1 saturated heterocycles. The van der Waals surface area contributed by atoms with Crippen LogP contribution in [-0.2, 0) is 0 Å². The molecule has 4 nitrogen and oxygen atoms in total. The number of rotatable bonds is 3. The SMILES string of the molecule is CCC1(CC)CCN(C(=O)c2cc3cccc(N)c3[nH]2)C1. The lowest BCUT2D eigenvalue weighted by Gasteiger charge is -2.26. The minimum absolute atomic E-state index is 0.0920. The number of H-pyrrole nitrogens is 1. The summed E-state index contributed by atoms with van der Waals surface area (Å²) in [5.41, 5.74) is 8.45. The Morgan fingerprint density at radius 2 is 2.14 bits per heavy atom.